The van der Waals surface area contributed by atoms with Gasteiger partial charge < -0.3 is 16.0 Å². The lowest BCUT2D eigenvalue weighted by Gasteiger charge is -2.25. The molecule has 1 aromatic rings. The van der Waals surface area contributed by atoms with Crippen molar-refractivity contribution in [1.29, 1.82) is 0 Å². The normalized spacial score (nSPS) is 36.8. The minimum absolute atomic E-state index is 0.0456. The number of H-pyrrole nitrogens is 1. The first kappa shape index (κ1) is 14.6. The fraction of sp³-hybridized carbons (Fsp3) is 0.688. The molecular weight excluding hydrogens is 267 g/mol. The summed E-state index contributed by atoms with van der Waals surface area (Å²) in [6.45, 7) is 6.75. The first-order chi connectivity index (χ1) is 9.88. The quantitative estimate of drug-likeness (QED) is 0.750. The van der Waals surface area contributed by atoms with Crippen LogP contribution in [0.2, 0.25) is 0 Å². The number of hydrogen-bond donors (Lipinski definition) is 3. The molecule has 0 amide bonds. The Hall–Kier alpha value is -1.36. The first-order valence-electron chi connectivity index (χ1n) is 7.82. The van der Waals surface area contributed by atoms with E-state index < -0.39 is 5.67 Å². The molecule has 0 bridgehead atoms. The van der Waals surface area contributed by atoms with Crippen molar-refractivity contribution in [3.63, 3.8) is 0 Å². The van der Waals surface area contributed by atoms with Crippen LogP contribution >= 0.6 is 0 Å². The maximum atomic E-state index is 14.0. The van der Waals surface area contributed by atoms with Crippen LogP contribution in [0.15, 0.2) is 11.2 Å². The highest BCUT2D eigenvalue weighted by Crippen LogP contribution is 2.55. The van der Waals surface area contributed by atoms with Crippen LogP contribution in [-0.2, 0) is 0 Å². The number of nitrogens with zero attached hydrogens (tertiary/aromatic N) is 1. The molecule has 1 saturated heterocycles. The second-order valence-corrected chi connectivity index (χ2v) is 6.82. The molecule has 1 aliphatic carbocycles. The summed E-state index contributed by atoms with van der Waals surface area (Å²) < 4.78 is 14.0. The predicted octanol–water partition coefficient (Wildman–Crippen LogP) is 2.76. The van der Waals surface area contributed by atoms with Crippen LogP contribution in [0.5, 0.6) is 0 Å². The van der Waals surface area contributed by atoms with Crippen LogP contribution in [-0.4, -0.2) is 35.0 Å². The topological polar surface area (TPSA) is 66.2 Å². The highest BCUT2D eigenvalue weighted by atomic mass is 19.1. The van der Waals surface area contributed by atoms with Gasteiger partial charge in [0.25, 0.3) is 0 Å². The molecule has 21 heavy (non-hydrogen) atoms. The largest absolute Gasteiger partial charge is 0.385 e. The van der Waals surface area contributed by atoms with E-state index in [1.165, 1.54) is 0 Å². The zero-order valence-electron chi connectivity index (χ0n) is 13.0. The molecule has 1 aromatic heterocycles. The lowest BCUT2D eigenvalue weighted by atomic mass is 10.0. The first-order valence-corrected chi connectivity index (χ1v) is 7.82. The number of nitrogens with one attached hydrogen (secondary N) is 2. The second-order valence-electron chi connectivity index (χ2n) is 6.82. The number of nitrogen functional groups attached to an aromatic ring is 1. The number of nitrogens with two attached hydrogens (primary N) is 1. The molecule has 1 aliphatic heterocycles. The van der Waals surface area contributed by atoms with Gasteiger partial charge in [-0.3, -0.25) is 4.99 Å². The summed E-state index contributed by atoms with van der Waals surface area (Å²) in [5.41, 5.74) is 7.78. The van der Waals surface area contributed by atoms with Crippen LogP contribution in [0.25, 0.3) is 0 Å². The van der Waals surface area contributed by atoms with Crippen LogP contribution < -0.4 is 11.1 Å². The van der Waals surface area contributed by atoms with Crippen molar-refractivity contribution in [2.75, 3.05) is 12.3 Å². The van der Waals surface area contributed by atoms with Gasteiger partial charge in [-0.15, -0.1) is 0 Å². The van der Waals surface area contributed by atoms with Gasteiger partial charge in [0.15, 0.2) is 0 Å². The molecule has 1 saturated carbocycles. The third-order valence-corrected chi connectivity index (χ3v) is 4.86. The molecule has 0 spiro atoms. The van der Waals surface area contributed by atoms with Gasteiger partial charge in [-0.05, 0) is 45.6 Å². The molecule has 0 radical (unpaired) electrons. The Labute approximate surface area is 125 Å². The van der Waals surface area contributed by atoms with E-state index in [-0.39, 0.29) is 5.92 Å². The number of aliphatic imine (C=N–C) groups is 1. The van der Waals surface area contributed by atoms with Crippen molar-refractivity contribution in [1.82, 2.24) is 10.3 Å². The monoisotopic (exact) mass is 292 g/mol. The van der Waals surface area contributed by atoms with E-state index in [2.05, 4.69) is 17.2 Å². The minimum Gasteiger partial charge on any atom is -0.385 e. The summed E-state index contributed by atoms with van der Waals surface area (Å²) in [4.78, 5) is 7.86. The Bertz CT molecular complexity index is 553. The Balaban J connectivity index is 1.81. The molecule has 2 fully saturated rings. The molecule has 1 unspecified atom stereocenters. The van der Waals surface area contributed by atoms with E-state index in [1.54, 1.807) is 6.92 Å². The third-order valence-electron chi connectivity index (χ3n) is 4.86. The fourth-order valence-electron chi connectivity index (χ4n) is 3.34. The van der Waals surface area contributed by atoms with Gasteiger partial charge >= 0.3 is 0 Å². The van der Waals surface area contributed by atoms with E-state index in [4.69, 9.17) is 10.7 Å². The minimum atomic E-state index is -1.09. The molecular formula is C16H25FN4. The number of piperidine rings is 1. The zero-order chi connectivity index (χ0) is 15.2. The lowest BCUT2D eigenvalue weighted by Crippen LogP contribution is -2.39. The average molecular weight is 292 g/mol. The van der Waals surface area contributed by atoms with E-state index in [0.29, 0.717) is 24.3 Å². The average Bonchev–Trinajstić information content (AvgIpc) is 2.88. The predicted molar refractivity (Wildman–Crippen MR) is 84.8 cm³/mol. The molecule has 4 N–H and O–H groups in total. The second kappa shape index (κ2) is 5.13. The van der Waals surface area contributed by atoms with E-state index in [9.17, 15) is 4.39 Å². The third kappa shape index (κ3) is 2.84. The molecule has 5 heteroatoms. The number of anilines is 1. The maximum Gasteiger partial charge on any atom is 0.116 e. The van der Waals surface area contributed by atoms with Crippen molar-refractivity contribution in [3.8, 4) is 0 Å². The van der Waals surface area contributed by atoms with Gasteiger partial charge in [0.2, 0.25) is 0 Å². The van der Waals surface area contributed by atoms with Crippen molar-refractivity contribution in [2.24, 2.45) is 4.99 Å². The van der Waals surface area contributed by atoms with Crippen molar-refractivity contribution in [3.05, 3.63) is 17.3 Å². The smallest absolute Gasteiger partial charge is 0.116 e. The molecule has 0 aromatic carbocycles. The van der Waals surface area contributed by atoms with E-state index in [1.807, 2.05) is 13.1 Å². The highest BCUT2D eigenvalue weighted by molar-refractivity contribution is 6.04. The summed E-state index contributed by atoms with van der Waals surface area (Å²) in [6, 6.07) is 0.864. The van der Waals surface area contributed by atoms with Crippen molar-refractivity contribution in [2.45, 2.75) is 63.7 Å². The number of hydrogen-bond acceptors (Lipinski definition) is 3. The van der Waals surface area contributed by atoms with Gasteiger partial charge in [-0.2, -0.15) is 0 Å². The van der Waals surface area contributed by atoms with Gasteiger partial charge in [-0.25, -0.2) is 4.39 Å². The van der Waals surface area contributed by atoms with Gasteiger partial charge in [0, 0.05) is 36.0 Å². The SMILES string of the molecule is CC(=N[C@@H]1CC[C@H](C)NC1)c1c([C@H]2CC2(C)F)c[nH]c1N. The molecule has 2 aliphatic rings. The summed E-state index contributed by atoms with van der Waals surface area (Å²) in [5, 5.41) is 3.45. The maximum absolute atomic E-state index is 14.0. The van der Waals surface area contributed by atoms with E-state index in [0.717, 1.165) is 36.2 Å². The van der Waals surface area contributed by atoms with Crippen LogP contribution in [0, 0.1) is 0 Å². The van der Waals surface area contributed by atoms with Gasteiger partial charge in [0.1, 0.15) is 11.5 Å². The highest BCUT2D eigenvalue weighted by Gasteiger charge is 2.53. The summed E-state index contributed by atoms with van der Waals surface area (Å²) in [7, 11) is 0. The Morgan fingerprint density at radius 3 is 2.76 bits per heavy atom. The number of alkyl halides is 1. The number of aromatic amines is 1. The van der Waals surface area contributed by atoms with Crippen molar-refractivity contribution < 1.29 is 4.39 Å². The van der Waals surface area contributed by atoms with Gasteiger partial charge in [0.05, 0.1) is 6.04 Å². The Morgan fingerprint density at radius 1 is 1.48 bits per heavy atom. The fourth-order valence-corrected chi connectivity index (χ4v) is 3.34. The van der Waals surface area contributed by atoms with Crippen molar-refractivity contribution >= 4 is 11.5 Å². The Morgan fingerprint density at radius 2 is 2.19 bits per heavy atom. The molecule has 3 rings (SSSR count). The summed E-state index contributed by atoms with van der Waals surface area (Å²) >= 11 is 0. The molecule has 116 valence electrons. The standard InChI is InChI=1S/C16H25FN4/c1-9-4-5-11(7-19-9)21-10(2)14-12(8-20-15(14)18)13-6-16(13,3)17/h8-9,11,13,19-20H,4-7,18H2,1-3H3/t9-,11+,13+,16?/m0/s1. The summed E-state index contributed by atoms with van der Waals surface area (Å²) in [5.74, 6) is 0.557. The number of rotatable bonds is 3. The Kier molecular flexibility index (Phi) is 3.56. The number of halogens is 1. The summed E-state index contributed by atoms with van der Waals surface area (Å²) in [6.07, 6.45) is 4.66. The molecule has 4 atom stereocenters. The zero-order valence-corrected chi connectivity index (χ0v) is 13.0. The number of aromatic nitrogens is 1. The van der Waals surface area contributed by atoms with E-state index >= 15 is 0 Å². The lowest BCUT2D eigenvalue weighted by molar-refractivity contribution is 0.328. The van der Waals surface area contributed by atoms with Gasteiger partial charge in [-0.1, -0.05) is 0 Å². The van der Waals surface area contributed by atoms with Crippen LogP contribution in [0.4, 0.5) is 10.2 Å². The molecule has 4 nitrogen and oxygen atoms in total. The molecule has 2 heterocycles. The van der Waals surface area contributed by atoms with Crippen LogP contribution in [0.3, 0.4) is 0 Å². The van der Waals surface area contributed by atoms with Crippen LogP contribution in [0.1, 0.15) is 57.1 Å².